The number of hydrogen-bond acceptors (Lipinski definition) is 5. The van der Waals surface area contributed by atoms with Gasteiger partial charge in [-0.05, 0) is 44.0 Å². The van der Waals surface area contributed by atoms with Crippen LogP contribution in [0.2, 0.25) is 0 Å². The second-order valence-electron chi connectivity index (χ2n) is 6.36. The van der Waals surface area contributed by atoms with Gasteiger partial charge in [0, 0.05) is 23.0 Å². The van der Waals surface area contributed by atoms with E-state index in [4.69, 9.17) is 10.5 Å². The van der Waals surface area contributed by atoms with Crippen molar-refractivity contribution < 1.29 is 14.3 Å². The number of fused-ring (bicyclic) bond motifs is 4. The number of anilines is 2. The van der Waals surface area contributed by atoms with Gasteiger partial charge in [-0.1, -0.05) is 0 Å². The van der Waals surface area contributed by atoms with Gasteiger partial charge in [-0.3, -0.25) is 14.5 Å². The van der Waals surface area contributed by atoms with E-state index in [2.05, 4.69) is 10.2 Å². The van der Waals surface area contributed by atoms with Crippen LogP contribution in [0.15, 0.2) is 18.2 Å². The zero-order valence-corrected chi connectivity index (χ0v) is 12.5. The Labute approximate surface area is 128 Å². The van der Waals surface area contributed by atoms with E-state index in [9.17, 15) is 9.59 Å². The topological polar surface area (TPSA) is 84.7 Å². The Morgan fingerprint density at radius 3 is 3.09 bits per heavy atom. The van der Waals surface area contributed by atoms with Crippen molar-refractivity contribution in [2.24, 2.45) is 5.92 Å². The molecule has 0 unspecified atom stereocenters. The van der Waals surface area contributed by atoms with Crippen LogP contribution in [0.3, 0.4) is 0 Å². The number of carbonyl (C=O) groups excluding carboxylic acids is 2. The minimum Gasteiger partial charge on any atom is -0.469 e. The van der Waals surface area contributed by atoms with Crippen molar-refractivity contribution in [3.8, 4) is 0 Å². The molecule has 6 heteroatoms. The molecule has 3 aliphatic heterocycles. The summed E-state index contributed by atoms with van der Waals surface area (Å²) in [5.41, 5.74) is 7.49. The monoisotopic (exact) mass is 301 g/mol. The first-order valence-electron chi connectivity index (χ1n) is 7.64. The molecule has 22 heavy (non-hydrogen) atoms. The van der Waals surface area contributed by atoms with Crippen molar-refractivity contribution in [2.45, 2.75) is 30.8 Å². The van der Waals surface area contributed by atoms with Gasteiger partial charge >= 0.3 is 5.97 Å². The summed E-state index contributed by atoms with van der Waals surface area (Å²) in [6.45, 7) is 0.819. The average Bonchev–Trinajstić information content (AvgIpc) is 3.15. The average molecular weight is 301 g/mol. The SMILES string of the molecule is COC(=O)[C@H]1C[C@@]2(C(=O)Nc3ccc(N)cc32)N2CCC[C@@H]12. The van der Waals surface area contributed by atoms with Crippen LogP contribution in [0.1, 0.15) is 24.8 Å². The summed E-state index contributed by atoms with van der Waals surface area (Å²) < 4.78 is 4.97. The van der Waals surface area contributed by atoms with Crippen LogP contribution in [-0.2, 0) is 19.9 Å². The third kappa shape index (κ3) is 1.53. The summed E-state index contributed by atoms with van der Waals surface area (Å²) >= 11 is 0. The lowest BCUT2D eigenvalue weighted by Crippen LogP contribution is -2.47. The number of benzene rings is 1. The number of amides is 1. The molecule has 1 spiro atoms. The molecule has 116 valence electrons. The smallest absolute Gasteiger partial charge is 0.310 e. The summed E-state index contributed by atoms with van der Waals surface area (Å²) in [6, 6.07) is 5.56. The number of rotatable bonds is 1. The first-order chi connectivity index (χ1) is 10.6. The second kappa shape index (κ2) is 4.46. The van der Waals surface area contributed by atoms with Crippen LogP contribution in [0.5, 0.6) is 0 Å². The number of methoxy groups -OCH3 is 1. The molecule has 0 saturated carbocycles. The lowest BCUT2D eigenvalue weighted by molar-refractivity contribution is -0.146. The van der Waals surface area contributed by atoms with E-state index in [1.54, 1.807) is 6.07 Å². The molecule has 6 nitrogen and oxygen atoms in total. The Hall–Kier alpha value is -2.08. The van der Waals surface area contributed by atoms with Crippen molar-refractivity contribution >= 4 is 23.3 Å². The van der Waals surface area contributed by atoms with Gasteiger partial charge in [-0.15, -0.1) is 0 Å². The van der Waals surface area contributed by atoms with Crippen molar-refractivity contribution in [1.82, 2.24) is 4.90 Å². The summed E-state index contributed by atoms with van der Waals surface area (Å²) in [4.78, 5) is 27.2. The van der Waals surface area contributed by atoms with Gasteiger partial charge < -0.3 is 15.8 Å². The molecule has 3 aliphatic rings. The molecule has 3 N–H and O–H groups in total. The first kappa shape index (κ1) is 13.6. The number of nitrogens with zero attached hydrogens (tertiary/aromatic N) is 1. The van der Waals surface area contributed by atoms with Gasteiger partial charge in [-0.25, -0.2) is 0 Å². The Balaban J connectivity index is 1.86. The van der Waals surface area contributed by atoms with Crippen LogP contribution in [0, 0.1) is 5.92 Å². The fourth-order valence-electron chi connectivity index (χ4n) is 4.50. The van der Waals surface area contributed by atoms with E-state index in [0.717, 1.165) is 30.6 Å². The van der Waals surface area contributed by atoms with Gasteiger partial charge in [0.15, 0.2) is 0 Å². The Morgan fingerprint density at radius 1 is 1.50 bits per heavy atom. The number of hydrogen-bond donors (Lipinski definition) is 2. The minimum atomic E-state index is -0.773. The molecule has 3 atom stereocenters. The fraction of sp³-hybridized carbons (Fsp3) is 0.500. The second-order valence-corrected chi connectivity index (χ2v) is 6.36. The largest absolute Gasteiger partial charge is 0.469 e. The molecule has 0 aliphatic carbocycles. The maximum Gasteiger partial charge on any atom is 0.310 e. The molecular weight excluding hydrogens is 282 g/mol. The molecule has 2 fully saturated rings. The van der Waals surface area contributed by atoms with E-state index in [1.807, 2.05) is 12.1 Å². The van der Waals surface area contributed by atoms with Crippen LogP contribution < -0.4 is 11.1 Å². The molecule has 1 amide bonds. The maximum absolute atomic E-state index is 12.8. The van der Waals surface area contributed by atoms with E-state index < -0.39 is 5.54 Å². The van der Waals surface area contributed by atoms with E-state index in [0.29, 0.717) is 12.1 Å². The van der Waals surface area contributed by atoms with Crippen LogP contribution in [0.25, 0.3) is 0 Å². The van der Waals surface area contributed by atoms with E-state index in [1.165, 1.54) is 7.11 Å². The van der Waals surface area contributed by atoms with Crippen molar-refractivity contribution in [1.29, 1.82) is 0 Å². The number of nitrogens with two attached hydrogens (primary N) is 1. The molecule has 0 bridgehead atoms. The number of nitrogen functional groups attached to an aromatic ring is 1. The maximum atomic E-state index is 12.8. The molecule has 2 saturated heterocycles. The molecule has 3 heterocycles. The quantitative estimate of drug-likeness (QED) is 0.599. The Bertz CT molecular complexity index is 675. The van der Waals surface area contributed by atoms with Gasteiger partial charge in [0.05, 0.1) is 13.0 Å². The standard InChI is InChI=1S/C16H19N3O3/c1-22-14(20)10-8-16(19-6-2-3-13(10)19)11-7-9(17)4-5-12(11)18-15(16)21/h4-5,7,10,13H,2-3,6,8,17H2,1H3,(H,18,21)/t10-,13-,16+/m0/s1. The highest BCUT2D eigenvalue weighted by Crippen LogP contribution is 2.54. The highest BCUT2D eigenvalue weighted by atomic mass is 16.5. The summed E-state index contributed by atoms with van der Waals surface area (Å²) in [5, 5.41) is 2.96. The zero-order chi connectivity index (χ0) is 15.5. The fourth-order valence-corrected chi connectivity index (χ4v) is 4.50. The van der Waals surface area contributed by atoms with Gasteiger partial charge in [0.1, 0.15) is 5.54 Å². The lowest BCUT2D eigenvalue weighted by atomic mass is 9.84. The van der Waals surface area contributed by atoms with Crippen LogP contribution >= 0.6 is 0 Å². The number of nitrogens with one attached hydrogen (secondary N) is 1. The minimum absolute atomic E-state index is 0.0496. The predicted molar refractivity (Wildman–Crippen MR) is 81.0 cm³/mol. The molecule has 4 rings (SSSR count). The first-order valence-corrected chi connectivity index (χ1v) is 7.64. The lowest BCUT2D eigenvalue weighted by Gasteiger charge is -2.32. The van der Waals surface area contributed by atoms with Gasteiger partial charge in [0.2, 0.25) is 5.91 Å². The molecule has 1 aromatic rings. The third-order valence-corrected chi connectivity index (χ3v) is 5.39. The van der Waals surface area contributed by atoms with Gasteiger partial charge in [-0.2, -0.15) is 0 Å². The van der Waals surface area contributed by atoms with Crippen molar-refractivity contribution in [3.05, 3.63) is 23.8 Å². The van der Waals surface area contributed by atoms with Crippen LogP contribution in [0.4, 0.5) is 11.4 Å². The third-order valence-electron chi connectivity index (χ3n) is 5.39. The highest BCUT2D eigenvalue weighted by Gasteiger charge is 2.63. The van der Waals surface area contributed by atoms with E-state index >= 15 is 0 Å². The zero-order valence-electron chi connectivity index (χ0n) is 12.5. The Kier molecular flexibility index (Phi) is 2.75. The van der Waals surface area contributed by atoms with Crippen molar-refractivity contribution in [3.63, 3.8) is 0 Å². The summed E-state index contributed by atoms with van der Waals surface area (Å²) in [5.74, 6) is -0.532. The van der Waals surface area contributed by atoms with Crippen molar-refractivity contribution in [2.75, 3.05) is 24.7 Å². The Morgan fingerprint density at radius 2 is 2.32 bits per heavy atom. The van der Waals surface area contributed by atoms with Gasteiger partial charge in [0.25, 0.3) is 0 Å². The predicted octanol–water partition coefficient (Wildman–Crippen LogP) is 1.07. The van der Waals surface area contributed by atoms with E-state index in [-0.39, 0.29) is 23.8 Å². The molecule has 1 aromatic carbocycles. The molecular formula is C16H19N3O3. The number of ether oxygens (including phenoxy) is 1. The normalized spacial score (nSPS) is 32.9. The summed E-state index contributed by atoms with van der Waals surface area (Å²) in [7, 11) is 1.41. The highest BCUT2D eigenvalue weighted by molar-refractivity contribution is 6.07. The molecule has 0 radical (unpaired) electrons. The molecule has 0 aromatic heterocycles. The van der Waals surface area contributed by atoms with Crippen LogP contribution in [-0.4, -0.2) is 36.5 Å². The number of esters is 1. The summed E-state index contributed by atoms with van der Waals surface area (Å²) in [6.07, 6.45) is 2.38. The number of carbonyl (C=O) groups is 2.